The highest BCUT2D eigenvalue weighted by Gasteiger charge is 2.80. The van der Waals surface area contributed by atoms with E-state index in [1.165, 1.54) is 12.2 Å². The lowest BCUT2D eigenvalue weighted by atomic mass is 9.44. The molecule has 1 saturated heterocycles. The van der Waals surface area contributed by atoms with Crippen molar-refractivity contribution >= 4 is 11.6 Å². The first-order valence-corrected chi connectivity index (χ1v) is 12.4. The number of ether oxygens (including phenoxy) is 2. The van der Waals surface area contributed by atoms with Gasteiger partial charge in [-0.1, -0.05) is 18.6 Å². The first-order valence-electron chi connectivity index (χ1n) is 12.4. The number of aliphatic hydroxyl groups excluding tert-OH is 2. The minimum absolute atomic E-state index is 0.0387. The highest BCUT2D eigenvalue weighted by molar-refractivity contribution is 6.01. The summed E-state index contributed by atoms with van der Waals surface area (Å²) in [6.07, 6.45) is 7.52. The molecule has 0 aromatic heterocycles. The number of Topliss-reactive ketones (excluding diaryl/α,β-unsaturated/α-hetero) is 1. The molecule has 0 amide bonds. The average molecular weight is 461 g/mol. The summed E-state index contributed by atoms with van der Waals surface area (Å²) in [5.74, 6) is -2.17. The van der Waals surface area contributed by atoms with Crippen LogP contribution in [0.3, 0.4) is 0 Å². The van der Waals surface area contributed by atoms with Gasteiger partial charge >= 0.3 is 0 Å². The molecule has 0 radical (unpaired) electrons. The number of ketones is 2. The smallest absolute Gasteiger partial charge is 0.193 e. The van der Waals surface area contributed by atoms with Crippen LogP contribution in [0, 0.1) is 22.7 Å². The normalized spacial score (nSPS) is 51.7. The van der Waals surface area contributed by atoms with E-state index in [9.17, 15) is 19.8 Å². The van der Waals surface area contributed by atoms with E-state index in [-0.39, 0.29) is 18.1 Å². The number of aliphatic hydroxyl groups is 2. The fourth-order valence-corrected chi connectivity index (χ4v) is 8.88. The van der Waals surface area contributed by atoms with Gasteiger partial charge in [-0.25, -0.2) is 4.39 Å². The van der Waals surface area contributed by atoms with Crippen molar-refractivity contribution in [2.75, 3.05) is 6.61 Å². The Morgan fingerprint density at radius 1 is 1.24 bits per heavy atom. The van der Waals surface area contributed by atoms with Gasteiger partial charge in [-0.05, 0) is 63.5 Å². The van der Waals surface area contributed by atoms with Crippen LogP contribution in [-0.4, -0.2) is 57.7 Å². The third-order valence-corrected chi connectivity index (χ3v) is 10.4. The van der Waals surface area contributed by atoms with Gasteiger partial charge in [0, 0.05) is 29.6 Å². The maximum absolute atomic E-state index is 17.3. The summed E-state index contributed by atoms with van der Waals surface area (Å²) < 4.78 is 30.4. The highest BCUT2D eigenvalue weighted by atomic mass is 19.1. The number of carbonyl (C=O) groups excluding carboxylic acids is 2. The van der Waals surface area contributed by atoms with E-state index >= 15 is 4.39 Å². The molecule has 1 aliphatic heterocycles. The van der Waals surface area contributed by atoms with Gasteiger partial charge in [-0.3, -0.25) is 9.59 Å². The first-order chi connectivity index (χ1) is 15.6. The minimum atomic E-state index is -1.97. The van der Waals surface area contributed by atoms with Crippen LogP contribution < -0.4 is 0 Å². The van der Waals surface area contributed by atoms with Crippen LogP contribution in [0.5, 0.6) is 0 Å². The summed E-state index contributed by atoms with van der Waals surface area (Å²) in [6.45, 7) is 3.04. The van der Waals surface area contributed by atoms with Crippen molar-refractivity contribution in [2.24, 2.45) is 22.7 Å². The largest absolute Gasteiger partial charge is 0.390 e. The fraction of sp³-hybridized carbons (Fsp3) is 0.769. The van der Waals surface area contributed by atoms with Gasteiger partial charge < -0.3 is 19.7 Å². The van der Waals surface area contributed by atoms with Gasteiger partial charge in [-0.2, -0.15) is 0 Å². The van der Waals surface area contributed by atoms with Gasteiger partial charge in [0.25, 0.3) is 0 Å². The van der Waals surface area contributed by atoms with E-state index in [4.69, 9.17) is 9.47 Å². The molecule has 5 fully saturated rings. The Kier molecular flexibility index (Phi) is 4.43. The monoisotopic (exact) mass is 460 g/mol. The zero-order valence-electron chi connectivity index (χ0n) is 19.3. The zero-order valence-corrected chi connectivity index (χ0v) is 19.3. The number of hydrogen-bond donors (Lipinski definition) is 2. The van der Waals surface area contributed by atoms with Crippen molar-refractivity contribution in [3.05, 3.63) is 23.8 Å². The molecule has 33 heavy (non-hydrogen) atoms. The van der Waals surface area contributed by atoms with E-state index in [1.54, 1.807) is 13.0 Å². The Balaban J connectivity index is 1.46. The maximum Gasteiger partial charge on any atom is 0.193 e. The number of halogens is 1. The molecule has 0 unspecified atom stereocenters. The van der Waals surface area contributed by atoms with Crippen LogP contribution in [0.15, 0.2) is 23.8 Å². The lowest BCUT2D eigenvalue weighted by Gasteiger charge is -2.62. The molecule has 7 heteroatoms. The first kappa shape index (κ1) is 22.1. The molecule has 6 aliphatic rings. The van der Waals surface area contributed by atoms with Crippen LogP contribution >= 0.6 is 0 Å². The lowest BCUT2D eigenvalue weighted by molar-refractivity contribution is -0.253. The Hall–Kier alpha value is -1.41. The molecule has 0 bridgehead atoms. The number of fused-ring (bicyclic) bond motifs is 7. The van der Waals surface area contributed by atoms with Gasteiger partial charge in [0.1, 0.15) is 6.61 Å². The number of carbonyl (C=O) groups is 2. The molecule has 180 valence electrons. The summed E-state index contributed by atoms with van der Waals surface area (Å²) in [7, 11) is 0. The van der Waals surface area contributed by atoms with Crippen molar-refractivity contribution in [2.45, 2.75) is 94.5 Å². The SMILES string of the molecule is C[C@]12C=CC(=O)C=C1CC[C@H]1[C@@H]3C[C@H]4OC5(CCCC5)O[C@@]4(C(=O)CO)[C@@]3(C)C[C@H](O)[C@@]12F. The van der Waals surface area contributed by atoms with Crippen molar-refractivity contribution in [1.82, 2.24) is 0 Å². The second-order valence-corrected chi connectivity index (χ2v) is 11.6. The summed E-state index contributed by atoms with van der Waals surface area (Å²) in [6, 6.07) is 0. The zero-order chi connectivity index (χ0) is 23.4. The number of hydrogen-bond acceptors (Lipinski definition) is 6. The molecule has 6 nitrogen and oxygen atoms in total. The summed E-state index contributed by atoms with van der Waals surface area (Å²) >= 11 is 0. The predicted octanol–water partition coefficient (Wildman–Crippen LogP) is 2.95. The van der Waals surface area contributed by atoms with Crippen LogP contribution in [0.25, 0.3) is 0 Å². The molecule has 0 aromatic rings. The number of alkyl halides is 1. The maximum atomic E-state index is 17.3. The number of rotatable bonds is 2. The molecular formula is C26H33FO6. The minimum Gasteiger partial charge on any atom is -0.390 e. The average Bonchev–Trinajstić information content (AvgIpc) is 3.43. The molecule has 4 saturated carbocycles. The Morgan fingerprint density at radius 2 is 1.97 bits per heavy atom. The van der Waals surface area contributed by atoms with Crippen LogP contribution in [0.2, 0.25) is 0 Å². The quantitative estimate of drug-likeness (QED) is 0.658. The van der Waals surface area contributed by atoms with Crippen LogP contribution in [0.1, 0.15) is 65.2 Å². The van der Waals surface area contributed by atoms with E-state index < -0.39 is 58.4 Å². The highest BCUT2D eigenvalue weighted by Crippen LogP contribution is 2.73. The molecular weight excluding hydrogens is 427 g/mol. The standard InChI is InChI=1S/C26H33FO6/c1-22-10-7-16(29)11-15(22)5-6-17-18-12-21-26(20(31)14-28,33-24(32-21)8-3-4-9-24)23(18,2)13-19(30)25(17,22)27/h7,10-11,17-19,21,28,30H,3-6,8-9,12-14H2,1-2H3/t17-,18-,19-,21+,22-,23-,25-,26+/m0/s1. The Morgan fingerprint density at radius 3 is 2.67 bits per heavy atom. The Bertz CT molecular complexity index is 983. The molecule has 1 heterocycles. The molecule has 6 rings (SSSR count). The molecule has 2 N–H and O–H groups in total. The fourth-order valence-electron chi connectivity index (χ4n) is 8.88. The molecule has 0 aromatic carbocycles. The Labute approximate surface area is 193 Å². The van der Waals surface area contributed by atoms with E-state index in [0.717, 1.165) is 18.4 Å². The lowest BCUT2D eigenvalue weighted by Crippen LogP contribution is -2.70. The molecule has 5 aliphatic carbocycles. The molecule has 1 spiro atoms. The van der Waals surface area contributed by atoms with Crippen molar-refractivity contribution in [3.63, 3.8) is 0 Å². The van der Waals surface area contributed by atoms with Crippen molar-refractivity contribution in [1.29, 1.82) is 0 Å². The second-order valence-electron chi connectivity index (χ2n) is 11.6. The predicted molar refractivity (Wildman–Crippen MR) is 116 cm³/mol. The van der Waals surface area contributed by atoms with Gasteiger partial charge in [-0.15, -0.1) is 0 Å². The van der Waals surface area contributed by atoms with Gasteiger partial charge in [0.2, 0.25) is 0 Å². The van der Waals surface area contributed by atoms with E-state index in [1.807, 2.05) is 6.92 Å². The third kappa shape index (κ3) is 2.38. The second kappa shape index (κ2) is 6.62. The summed E-state index contributed by atoms with van der Waals surface area (Å²) in [4.78, 5) is 25.4. The van der Waals surface area contributed by atoms with Crippen LogP contribution in [0.4, 0.5) is 4.39 Å². The van der Waals surface area contributed by atoms with E-state index in [0.29, 0.717) is 32.1 Å². The molecule has 8 atom stereocenters. The van der Waals surface area contributed by atoms with Gasteiger partial charge in [0.15, 0.2) is 28.6 Å². The van der Waals surface area contributed by atoms with Crippen molar-refractivity contribution in [3.8, 4) is 0 Å². The third-order valence-electron chi connectivity index (χ3n) is 10.4. The van der Waals surface area contributed by atoms with Crippen LogP contribution in [-0.2, 0) is 19.1 Å². The van der Waals surface area contributed by atoms with Crippen molar-refractivity contribution < 1.29 is 33.7 Å². The summed E-state index contributed by atoms with van der Waals surface area (Å²) in [5, 5.41) is 21.5. The van der Waals surface area contributed by atoms with Gasteiger partial charge in [0.05, 0.1) is 12.2 Å². The van der Waals surface area contributed by atoms with E-state index in [2.05, 4.69) is 0 Å². The number of allylic oxidation sites excluding steroid dienone is 4. The topological polar surface area (TPSA) is 93.1 Å². The summed E-state index contributed by atoms with van der Waals surface area (Å²) in [5.41, 5.74) is -4.56.